The van der Waals surface area contributed by atoms with Gasteiger partial charge in [0.25, 0.3) is 0 Å². The Labute approximate surface area is 120 Å². The molecule has 108 valence electrons. The average molecular weight is 323 g/mol. The van der Waals surface area contributed by atoms with Gasteiger partial charge in [-0.25, -0.2) is 0 Å². The lowest BCUT2D eigenvalue weighted by Gasteiger charge is -2.37. The molecule has 0 amide bonds. The highest BCUT2D eigenvalue weighted by molar-refractivity contribution is 9.09. The monoisotopic (exact) mass is 322 g/mol. The molecule has 1 unspecified atom stereocenters. The third kappa shape index (κ3) is 5.97. The summed E-state index contributed by atoms with van der Waals surface area (Å²) in [5.41, 5.74) is 0. The van der Waals surface area contributed by atoms with Gasteiger partial charge in [0, 0.05) is 51.2 Å². The molecule has 0 spiro atoms. The largest absolute Gasteiger partial charge is 0.383 e. The molecule has 1 aliphatic rings. The first kappa shape index (κ1) is 16.4. The maximum atomic E-state index is 5.88. The molecular formula is C13H27BrN2O2. The number of nitrogens with zero attached hydrogens (tertiary/aromatic N) is 2. The smallest absolute Gasteiger partial charge is 0.0829 e. The molecule has 0 saturated carbocycles. The van der Waals surface area contributed by atoms with Gasteiger partial charge in [-0.2, -0.15) is 0 Å². The van der Waals surface area contributed by atoms with Crippen LogP contribution < -0.4 is 0 Å². The summed E-state index contributed by atoms with van der Waals surface area (Å²) in [6, 6.07) is 0.611. The minimum atomic E-state index is 0.331. The Bertz CT molecular complexity index is 217. The van der Waals surface area contributed by atoms with Crippen LogP contribution in [-0.2, 0) is 9.47 Å². The fraction of sp³-hybridized carbons (Fsp3) is 1.00. The Morgan fingerprint density at radius 3 is 2.83 bits per heavy atom. The fourth-order valence-electron chi connectivity index (χ4n) is 2.24. The molecule has 0 aromatic rings. The van der Waals surface area contributed by atoms with Crippen LogP contribution in [0.3, 0.4) is 0 Å². The number of hydrogen-bond acceptors (Lipinski definition) is 4. The molecule has 1 rings (SSSR count). The number of rotatable bonds is 8. The van der Waals surface area contributed by atoms with Gasteiger partial charge in [-0.1, -0.05) is 15.9 Å². The summed E-state index contributed by atoms with van der Waals surface area (Å²) < 4.78 is 11.0. The maximum Gasteiger partial charge on any atom is 0.0829 e. The van der Waals surface area contributed by atoms with Crippen molar-refractivity contribution in [2.75, 3.05) is 58.4 Å². The number of alkyl halides is 1. The van der Waals surface area contributed by atoms with Gasteiger partial charge in [-0.15, -0.1) is 0 Å². The van der Waals surface area contributed by atoms with E-state index >= 15 is 0 Å². The van der Waals surface area contributed by atoms with E-state index in [1.165, 1.54) is 0 Å². The van der Waals surface area contributed by atoms with Crippen molar-refractivity contribution in [1.29, 1.82) is 0 Å². The first-order chi connectivity index (χ1) is 8.67. The summed E-state index contributed by atoms with van der Waals surface area (Å²) in [4.78, 5) is 4.91. The zero-order chi connectivity index (χ0) is 13.4. The summed E-state index contributed by atoms with van der Waals surface area (Å²) >= 11 is 3.51. The van der Waals surface area contributed by atoms with E-state index in [1.807, 2.05) is 0 Å². The topological polar surface area (TPSA) is 24.9 Å². The summed E-state index contributed by atoms with van der Waals surface area (Å²) in [7, 11) is 1.75. The zero-order valence-corrected chi connectivity index (χ0v) is 13.5. The second-order valence-corrected chi connectivity index (χ2v) is 5.86. The predicted octanol–water partition coefficient (Wildman–Crippen LogP) is 1.44. The molecule has 0 N–H and O–H groups in total. The Balaban J connectivity index is 2.37. The van der Waals surface area contributed by atoms with Crippen molar-refractivity contribution in [1.82, 2.24) is 9.80 Å². The zero-order valence-electron chi connectivity index (χ0n) is 11.9. The lowest BCUT2D eigenvalue weighted by atomic mass is 10.2. The highest BCUT2D eigenvalue weighted by atomic mass is 79.9. The standard InChI is InChI=1S/C13H27BrN2O2/c1-12(2)16-7-9-18-13(11-16)10-15(5-4-14)6-8-17-3/h12-13H,4-11H2,1-3H3. The van der Waals surface area contributed by atoms with E-state index in [1.54, 1.807) is 7.11 Å². The van der Waals surface area contributed by atoms with Gasteiger partial charge in [0.2, 0.25) is 0 Å². The highest BCUT2D eigenvalue weighted by Gasteiger charge is 2.23. The Hall–Kier alpha value is 0.320. The molecule has 18 heavy (non-hydrogen) atoms. The molecule has 1 heterocycles. The van der Waals surface area contributed by atoms with Crippen molar-refractivity contribution in [3.63, 3.8) is 0 Å². The Morgan fingerprint density at radius 1 is 1.44 bits per heavy atom. The first-order valence-corrected chi connectivity index (χ1v) is 7.92. The third-order valence-corrected chi connectivity index (χ3v) is 3.73. The van der Waals surface area contributed by atoms with E-state index in [4.69, 9.17) is 9.47 Å². The van der Waals surface area contributed by atoms with E-state index in [2.05, 4.69) is 39.6 Å². The molecule has 0 aromatic carbocycles. The maximum absolute atomic E-state index is 5.88. The molecule has 1 aliphatic heterocycles. The molecule has 5 heteroatoms. The first-order valence-electron chi connectivity index (χ1n) is 6.80. The van der Waals surface area contributed by atoms with Crippen molar-refractivity contribution in [3.05, 3.63) is 0 Å². The molecule has 1 saturated heterocycles. The second kappa shape index (κ2) is 9.26. The third-order valence-electron chi connectivity index (χ3n) is 3.37. The van der Waals surface area contributed by atoms with Gasteiger partial charge in [0.15, 0.2) is 0 Å². The summed E-state index contributed by atoms with van der Waals surface area (Å²) in [5, 5.41) is 0.997. The summed E-state index contributed by atoms with van der Waals surface area (Å²) in [6.07, 6.45) is 0.331. The van der Waals surface area contributed by atoms with Crippen LogP contribution in [0.5, 0.6) is 0 Å². The van der Waals surface area contributed by atoms with Crippen LogP contribution in [0.4, 0.5) is 0 Å². The van der Waals surface area contributed by atoms with Crippen molar-refractivity contribution in [2.45, 2.75) is 26.0 Å². The van der Waals surface area contributed by atoms with Crippen LogP contribution in [0.15, 0.2) is 0 Å². The van der Waals surface area contributed by atoms with Gasteiger partial charge in [0.05, 0.1) is 19.3 Å². The second-order valence-electron chi connectivity index (χ2n) is 5.06. The van der Waals surface area contributed by atoms with E-state index in [0.29, 0.717) is 12.1 Å². The van der Waals surface area contributed by atoms with Crippen LogP contribution >= 0.6 is 15.9 Å². The Morgan fingerprint density at radius 2 is 2.22 bits per heavy atom. The molecule has 4 nitrogen and oxygen atoms in total. The minimum absolute atomic E-state index is 0.331. The van der Waals surface area contributed by atoms with Gasteiger partial charge in [-0.3, -0.25) is 9.80 Å². The van der Waals surface area contributed by atoms with Gasteiger partial charge >= 0.3 is 0 Å². The number of hydrogen-bond donors (Lipinski definition) is 0. The lowest BCUT2D eigenvalue weighted by molar-refractivity contribution is -0.0530. The minimum Gasteiger partial charge on any atom is -0.383 e. The van der Waals surface area contributed by atoms with E-state index in [0.717, 1.165) is 51.3 Å². The lowest BCUT2D eigenvalue weighted by Crippen LogP contribution is -2.50. The van der Waals surface area contributed by atoms with Crippen molar-refractivity contribution in [3.8, 4) is 0 Å². The predicted molar refractivity (Wildman–Crippen MR) is 78.6 cm³/mol. The van der Waals surface area contributed by atoms with Crippen LogP contribution in [-0.4, -0.2) is 80.3 Å². The van der Waals surface area contributed by atoms with Gasteiger partial charge < -0.3 is 9.47 Å². The normalized spacial score (nSPS) is 22.0. The highest BCUT2D eigenvalue weighted by Crippen LogP contribution is 2.10. The Kier molecular flexibility index (Phi) is 8.42. The number of ether oxygens (including phenoxy) is 2. The molecule has 0 bridgehead atoms. The molecule has 1 fully saturated rings. The van der Waals surface area contributed by atoms with Gasteiger partial charge in [-0.05, 0) is 13.8 Å². The van der Waals surface area contributed by atoms with Crippen molar-refractivity contribution in [2.24, 2.45) is 0 Å². The van der Waals surface area contributed by atoms with Crippen LogP contribution in [0.25, 0.3) is 0 Å². The van der Waals surface area contributed by atoms with E-state index < -0.39 is 0 Å². The summed E-state index contributed by atoms with van der Waals surface area (Å²) in [5.74, 6) is 0. The molecule has 1 atom stereocenters. The van der Waals surface area contributed by atoms with Crippen molar-refractivity contribution >= 4 is 15.9 Å². The number of morpholine rings is 1. The fourth-order valence-corrected chi connectivity index (χ4v) is 2.75. The van der Waals surface area contributed by atoms with Gasteiger partial charge in [0.1, 0.15) is 0 Å². The average Bonchev–Trinajstić information content (AvgIpc) is 2.36. The van der Waals surface area contributed by atoms with Crippen LogP contribution in [0.2, 0.25) is 0 Å². The molecule has 0 radical (unpaired) electrons. The van der Waals surface area contributed by atoms with E-state index in [9.17, 15) is 0 Å². The van der Waals surface area contributed by atoms with E-state index in [-0.39, 0.29) is 0 Å². The van der Waals surface area contributed by atoms with Crippen molar-refractivity contribution < 1.29 is 9.47 Å². The molecular weight excluding hydrogens is 296 g/mol. The molecule has 0 aromatic heterocycles. The quantitative estimate of drug-likeness (QED) is 0.631. The SMILES string of the molecule is COCCN(CCBr)CC1CN(C(C)C)CCO1. The summed E-state index contributed by atoms with van der Waals surface area (Å²) in [6.45, 7) is 11.3. The van der Waals surface area contributed by atoms with Crippen LogP contribution in [0, 0.1) is 0 Å². The number of halogens is 1. The molecule has 0 aliphatic carbocycles. The van der Waals surface area contributed by atoms with Crippen LogP contribution in [0.1, 0.15) is 13.8 Å². The number of methoxy groups -OCH3 is 1.